The third-order valence-electron chi connectivity index (χ3n) is 5.40. The van der Waals surface area contributed by atoms with Gasteiger partial charge in [0.25, 0.3) is 0 Å². The molecule has 0 saturated heterocycles. The first-order valence-corrected chi connectivity index (χ1v) is 10.0. The Morgan fingerprint density at radius 2 is 1.74 bits per heavy atom. The molecule has 7 heteroatoms. The Balaban J connectivity index is 2.39. The number of aliphatic hydroxyl groups is 1. The molecule has 0 aromatic heterocycles. The van der Waals surface area contributed by atoms with Crippen LogP contribution in [0.2, 0.25) is 0 Å². The summed E-state index contributed by atoms with van der Waals surface area (Å²) in [5.74, 6) is -5.72. The summed E-state index contributed by atoms with van der Waals surface area (Å²) < 4.78 is 27.1. The minimum atomic E-state index is -3.28. The number of carboxylic acids is 1. The number of carbonyl (C=O) groups is 3. The molecule has 3 atom stereocenters. The molecule has 0 radical (unpaired) electrons. The van der Waals surface area contributed by atoms with Crippen molar-refractivity contribution in [3.8, 4) is 0 Å². The first-order chi connectivity index (χ1) is 12.7. The summed E-state index contributed by atoms with van der Waals surface area (Å²) in [4.78, 5) is 34.2. The Labute approximate surface area is 159 Å². The molecule has 0 aromatic rings. The quantitative estimate of drug-likeness (QED) is 0.435. The number of carboxylic acid groups (broad SMARTS) is 1. The van der Waals surface area contributed by atoms with Crippen LogP contribution in [0.25, 0.3) is 0 Å². The predicted octanol–water partition coefficient (Wildman–Crippen LogP) is 4.15. The Bertz CT molecular complexity index is 507. The lowest BCUT2D eigenvalue weighted by Crippen LogP contribution is -2.28. The molecule has 1 aliphatic rings. The van der Waals surface area contributed by atoms with E-state index >= 15 is 0 Å². The van der Waals surface area contributed by atoms with E-state index in [4.69, 9.17) is 5.11 Å². The number of aliphatic hydroxyl groups excluding tert-OH is 1. The molecular weight excluding hydrogens is 358 g/mol. The topological polar surface area (TPSA) is 91.7 Å². The zero-order chi connectivity index (χ0) is 20.4. The summed E-state index contributed by atoms with van der Waals surface area (Å²) in [5, 5.41) is 18.7. The molecule has 0 unspecified atom stereocenters. The minimum Gasteiger partial charge on any atom is -0.481 e. The van der Waals surface area contributed by atoms with Gasteiger partial charge in [0, 0.05) is 31.6 Å². The standard InChI is InChI=1S/C20H32F2O5/c1-2-12-20(21,22)18(25)10-7-9-15-14(16(23)13-17(15)24)8-5-3-4-6-11-19(26)27/h14-15,17,24H,2-13H2,1H3,(H,26,27)/t14-,15-,17-/m1/s1. The van der Waals surface area contributed by atoms with Crippen LogP contribution in [0.15, 0.2) is 0 Å². The highest BCUT2D eigenvalue weighted by molar-refractivity contribution is 5.85. The van der Waals surface area contributed by atoms with Crippen molar-refractivity contribution < 1.29 is 33.4 Å². The van der Waals surface area contributed by atoms with Gasteiger partial charge in [-0.15, -0.1) is 0 Å². The van der Waals surface area contributed by atoms with Crippen LogP contribution in [0.5, 0.6) is 0 Å². The molecule has 1 rings (SSSR count). The van der Waals surface area contributed by atoms with Crippen molar-refractivity contribution in [2.75, 3.05) is 0 Å². The summed E-state index contributed by atoms with van der Waals surface area (Å²) in [6.45, 7) is 1.61. The Hall–Kier alpha value is -1.37. The fourth-order valence-electron chi connectivity index (χ4n) is 3.91. The van der Waals surface area contributed by atoms with E-state index in [1.807, 2.05) is 0 Å². The molecule has 1 aliphatic carbocycles. The van der Waals surface area contributed by atoms with Crippen molar-refractivity contribution in [2.45, 2.75) is 96.0 Å². The third-order valence-corrected chi connectivity index (χ3v) is 5.40. The summed E-state index contributed by atoms with van der Waals surface area (Å²) >= 11 is 0. The molecular formula is C20H32F2O5. The Morgan fingerprint density at radius 3 is 2.37 bits per heavy atom. The lowest BCUT2D eigenvalue weighted by molar-refractivity contribution is -0.144. The van der Waals surface area contributed by atoms with Crippen LogP contribution < -0.4 is 0 Å². The zero-order valence-electron chi connectivity index (χ0n) is 16.1. The SMILES string of the molecule is CCCC(F)(F)C(=O)CCC[C@H]1[C@H](O)CC(=O)[C@@H]1CCCCCCC(=O)O. The molecule has 5 nitrogen and oxygen atoms in total. The summed E-state index contributed by atoms with van der Waals surface area (Å²) in [7, 11) is 0. The molecule has 2 N–H and O–H groups in total. The molecule has 0 amide bonds. The fourth-order valence-corrected chi connectivity index (χ4v) is 3.91. The molecule has 1 fully saturated rings. The van der Waals surface area contributed by atoms with Crippen molar-refractivity contribution >= 4 is 17.5 Å². The summed E-state index contributed by atoms with van der Waals surface area (Å²) in [6.07, 6.45) is 3.27. The van der Waals surface area contributed by atoms with Gasteiger partial charge < -0.3 is 10.2 Å². The highest BCUT2D eigenvalue weighted by Crippen LogP contribution is 2.37. The smallest absolute Gasteiger partial charge is 0.305 e. The average Bonchev–Trinajstić information content (AvgIpc) is 2.84. The minimum absolute atomic E-state index is 0.000625. The fraction of sp³-hybridized carbons (Fsp3) is 0.850. The number of halogens is 2. The van der Waals surface area contributed by atoms with E-state index in [1.54, 1.807) is 6.92 Å². The van der Waals surface area contributed by atoms with Crippen LogP contribution >= 0.6 is 0 Å². The number of alkyl halides is 2. The number of carbonyl (C=O) groups excluding carboxylic acids is 2. The van der Waals surface area contributed by atoms with E-state index in [2.05, 4.69) is 0 Å². The zero-order valence-corrected chi connectivity index (χ0v) is 16.1. The van der Waals surface area contributed by atoms with E-state index in [0.717, 1.165) is 19.3 Å². The van der Waals surface area contributed by atoms with Gasteiger partial charge in [-0.05, 0) is 38.0 Å². The van der Waals surface area contributed by atoms with Gasteiger partial charge in [-0.1, -0.05) is 26.2 Å². The van der Waals surface area contributed by atoms with Crippen molar-refractivity contribution in [3.05, 3.63) is 0 Å². The molecule has 0 aromatic carbocycles. The number of Topliss-reactive ketones (excluding diaryl/α,β-unsaturated/α-hetero) is 2. The van der Waals surface area contributed by atoms with Crippen LogP contribution in [0.1, 0.15) is 84.0 Å². The van der Waals surface area contributed by atoms with Crippen LogP contribution in [0.4, 0.5) is 8.78 Å². The number of aliphatic carboxylic acids is 1. The molecule has 0 bridgehead atoms. The van der Waals surface area contributed by atoms with Crippen LogP contribution in [-0.4, -0.2) is 39.8 Å². The van der Waals surface area contributed by atoms with Crippen LogP contribution in [0, 0.1) is 11.8 Å². The Morgan fingerprint density at radius 1 is 1.07 bits per heavy atom. The molecule has 1 saturated carbocycles. The van der Waals surface area contributed by atoms with E-state index in [9.17, 15) is 28.3 Å². The number of hydrogen-bond donors (Lipinski definition) is 2. The highest BCUT2D eigenvalue weighted by Gasteiger charge is 2.41. The predicted molar refractivity (Wildman–Crippen MR) is 96.7 cm³/mol. The third kappa shape index (κ3) is 8.03. The van der Waals surface area contributed by atoms with Crippen molar-refractivity contribution in [1.82, 2.24) is 0 Å². The van der Waals surface area contributed by atoms with Gasteiger partial charge >= 0.3 is 11.9 Å². The van der Waals surface area contributed by atoms with E-state index in [-0.39, 0.29) is 49.7 Å². The summed E-state index contributed by atoms with van der Waals surface area (Å²) in [5.41, 5.74) is 0. The van der Waals surface area contributed by atoms with E-state index < -0.39 is 30.2 Å². The second-order valence-corrected chi connectivity index (χ2v) is 7.62. The Kier molecular flexibility index (Phi) is 10.1. The second kappa shape index (κ2) is 11.5. The number of hydrogen-bond acceptors (Lipinski definition) is 4. The van der Waals surface area contributed by atoms with Gasteiger partial charge in [-0.2, -0.15) is 8.78 Å². The summed E-state index contributed by atoms with van der Waals surface area (Å²) in [6, 6.07) is 0. The van der Waals surface area contributed by atoms with Gasteiger partial charge in [0.2, 0.25) is 5.78 Å². The van der Waals surface area contributed by atoms with Crippen molar-refractivity contribution in [3.63, 3.8) is 0 Å². The monoisotopic (exact) mass is 390 g/mol. The van der Waals surface area contributed by atoms with Crippen LogP contribution in [0.3, 0.4) is 0 Å². The maximum atomic E-state index is 13.6. The van der Waals surface area contributed by atoms with Crippen LogP contribution in [-0.2, 0) is 14.4 Å². The maximum Gasteiger partial charge on any atom is 0.305 e. The molecule has 0 aliphatic heterocycles. The first-order valence-electron chi connectivity index (χ1n) is 10.0. The van der Waals surface area contributed by atoms with E-state index in [0.29, 0.717) is 19.3 Å². The van der Waals surface area contributed by atoms with E-state index in [1.165, 1.54) is 0 Å². The number of rotatable bonds is 14. The highest BCUT2D eigenvalue weighted by atomic mass is 19.3. The lowest BCUT2D eigenvalue weighted by Gasteiger charge is -2.21. The number of ketones is 2. The van der Waals surface area contributed by atoms with Crippen molar-refractivity contribution in [2.24, 2.45) is 11.8 Å². The average molecular weight is 390 g/mol. The maximum absolute atomic E-state index is 13.6. The number of unbranched alkanes of at least 4 members (excludes halogenated alkanes) is 3. The normalized spacial score (nSPS) is 23.0. The molecule has 0 heterocycles. The van der Waals surface area contributed by atoms with Gasteiger partial charge in [-0.3, -0.25) is 14.4 Å². The van der Waals surface area contributed by atoms with Gasteiger partial charge in [0.05, 0.1) is 6.10 Å². The van der Waals surface area contributed by atoms with Gasteiger partial charge in [-0.25, -0.2) is 0 Å². The lowest BCUT2D eigenvalue weighted by atomic mass is 9.85. The second-order valence-electron chi connectivity index (χ2n) is 7.62. The van der Waals surface area contributed by atoms with Gasteiger partial charge in [0.1, 0.15) is 5.78 Å². The molecule has 27 heavy (non-hydrogen) atoms. The van der Waals surface area contributed by atoms with Crippen molar-refractivity contribution in [1.29, 1.82) is 0 Å². The largest absolute Gasteiger partial charge is 0.481 e. The molecule has 0 spiro atoms. The van der Waals surface area contributed by atoms with Gasteiger partial charge in [0.15, 0.2) is 0 Å². The molecule has 156 valence electrons. The first kappa shape index (κ1) is 23.7.